The van der Waals surface area contributed by atoms with Crippen LogP contribution in [0.3, 0.4) is 0 Å². The maximum atomic E-state index is 13.2. The van der Waals surface area contributed by atoms with Crippen molar-refractivity contribution in [2.75, 3.05) is 69.2 Å². The van der Waals surface area contributed by atoms with E-state index in [-0.39, 0.29) is 23.2 Å². The highest BCUT2D eigenvalue weighted by Crippen LogP contribution is 2.40. The molecule has 6 rings (SSSR count). The molecule has 0 spiro atoms. The number of sulfonamides is 1. The Kier molecular flexibility index (Phi) is 9.30. The molecule has 0 radical (unpaired) electrons. The number of carbonyl (C=O) groups is 1. The van der Waals surface area contributed by atoms with E-state index >= 15 is 0 Å². The van der Waals surface area contributed by atoms with Crippen molar-refractivity contribution in [3.63, 3.8) is 0 Å². The first-order valence-electron chi connectivity index (χ1n) is 13.9. The second-order valence-corrected chi connectivity index (χ2v) is 13.1. The van der Waals surface area contributed by atoms with Crippen LogP contribution in [0.5, 0.6) is 11.5 Å². The van der Waals surface area contributed by atoms with E-state index in [2.05, 4.69) is 15.1 Å². The summed E-state index contributed by atoms with van der Waals surface area (Å²) in [5, 5.41) is 3.93. The lowest BCUT2D eigenvalue weighted by molar-refractivity contribution is 0.0947. The number of methoxy groups -OCH3 is 2. The molecule has 2 aliphatic heterocycles. The van der Waals surface area contributed by atoms with Crippen LogP contribution in [0.4, 0.5) is 10.8 Å². The molecule has 1 N–H and O–H groups in total. The Morgan fingerprint density at radius 1 is 0.953 bits per heavy atom. The summed E-state index contributed by atoms with van der Waals surface area (Å²) in [6, 6.07) is 17.6. The summed E-state index contributed by atoms with van der Waals surface area (Å²) in [5.74, 6) is 1.10. The molecule has 3 heterocycles. The fraction of sp³-hybridized carbons (Fsp3) is 0.333. The number of hydrogen-bond acceptors (Lipinski definition) is 9. The number of nitrogens with zero attached hydrogens (tertiary/aromatic N) is 4. The number of fused-ring (bicyclic) bond motifs is 2. The van der Waals surface area contributed by atoms with E-state index in [0.29, 0.717) is 36.6 Å². The highest BCUT2D eigenvalue weighted by molar-refractivity contribution is 7.92. The van der Waals surface area contributed by atoms with Gasteiger partial charge in [-0.15, -0.1) is 12.4 Å². The van der Waals surface area contributed by atoms with Gasteiger partial charge in [-0.05, 0) is 54.4 Å². The van der Waals surface area contributed by atoms with Crippen molar-refractivity contribution < 1.29 is 22.7 Å². The molecule has 0 saturated carbocycles. The van der Waals surface area contributed by atoms with E-state index in [1.54, 1.807) is 37.7 Å². The van der Waals surface area contributed by atoms with Gasteiger partial charge in [0, 0.05) is 51.4 Å². The molecule has 3 aromatic carbocycles. The third kappa shape index (κ3) is 6.10. The number of aromatic nitrogens is 1. The maximum absolute atomic E-state index is 13.2. The van der Waals surface area contributed by atoms with Crippen LogP contribution in [0.25, 0.3) is 10.2 Å². The minimum Gasteiger partial charge on any atom is -0.493 e. The van der Waals surface area contributed by atoms with Gasteiger partial charge in [-0.3, -0.25) is 14.0 Å². The van der Waals surface area contributed by atoms with Crippen molar-refractivity contribution in [3.05, 3.63) is 71.8 Å². The molecule has 4 aromatic rings. The summed E-state index contributed by atoms with van der Waals surface area (Å²) < 4.78 is 39.9. The van der Waals surface area contributed by atoms with Gasteiger partial charge in [0.15, 0.2) is 16.6 Å². The average molecular weight is 644 g/mol. The predicted octanol–water partition coefficient (Wildman–Crippen LogP) is 4.04. The number of piperazine rings is 1. The number of rotatable bonds is 9. The summed E-state index contributed by atoms with van der Waals surface area (Å²) in [6.45, 7) is 5.04. The number of halogens is 1. The summed E-state index contributed by atoms with van der Waals surface area (Å²) in [7, 11) is -0.441. The molecule has 228 valence electrons. The molecule has 0 bridgehead atoms. The number of ether oxygens (including phenoxy) is 2. The number of benzene rings is 3. The lowest BCUT2D eigenvalue weighted by Crippen LogP contribution is -2.48. The van der Waals surface area contributed by atoms with Crippen LogP contribution in [0.1, 0.15) is 15.9 Å². The Morgan fingerprint density at radius 2 is 1.70 bits per heavy atom. The third-order valence-electron chi connectivity index (χ3n) is 7.80. The smallest absolute Gasteiger partial charge is 0.264 e. The van der Waals surface area contributed by atoms with Crippen LogP contribution < -0.4 is 24.0 Å². The van der Waals surface area contributed by atoms with Crippen LogP contribution in [-0.2, 0) is 16.4 Å². The van der Waals surface area contributed by atoms with Gasteiger partial charge in [-0.2, -0.15) is 0 Å². The second-order valence-electron chi connectivity index (χ2n) is 10.2. The van der Waals surface area contributed by atoms with Gasteiger partial charge in [0.1, 0.15) is 5.52 Å². The molecule has 0 aliphatic carbocycles. The van der Waals surface area contributed by atoms with Crippen LogP contribution in [0.15, 0.2) is 65.6 Å². The molecule has 13 heteroatoms. The van der Waals surface area contributed by atoms with E-state index in [0.717, 1.165) is 59.3 Å². The molecule has 1 amide bonds. The van der Waals surface area contributed by atoms with Gasteiger partial charge >= 0.3 is 0 Å². The molecule has 2 aliphatic rings. The summed E-state index contributed by atoms with van der Waals surface area (Å²) in [6.07, 6.45) is 0.692. The van der Waals surface area contributed by atoms with Crippen molar-refractivity contribution >= 4 is 60.7 Å². The average Bonchev–Trinajstić information content (AvgIpc) is 3.66. The van der Waals surface area contributed by atoms with Crippen LogP contribution in [-0.4, -0.2) is 84.2 Å². The summed E-state index contributed by atoms with van der Waals surface area (Å²) >= 11 is 1.64. The van der Waals surface area contributed by atoms with Gasteiger partial charge < -0.3 is 19.7 Å². The molecular formula is C30H34ClN5O5S2. The molecular weight excluding hydrogens is 610 g/mol. The summed E-state index contributed by atoms with van der Waals surface area (Å²) in [5.41, 5.74) is 3.00. The van der Waals surface area contributed by atoms with Crippen molar-refractivity contribution in [1.82, 2.24) is 15.2 Å². The highest BCUT2D eigenvalue weighted by Gasteiger charge is 2.30. The van der Waals surface area contributed by atoms with Crippen LogP contribution in [0, 0.1) is 0 Å². The minimum absolute atomic E-state index is 0. The van der Waals surface area contributed by atoms with Crippen LogP contribution in [0.2, 0.25) is 0 Å². The van der Waals surface area contributed by atoms with Gasteiger partial charge in [0.2, 0.25) is 0 Å². The lowest BCUT2D eigenvalue weighted by atomic mass is 10.2. The quantitative estimate of drug-likeness (QED) is 0.292. The van der Waals surface area contributed by atoms with E-state index in [1.807, 2.05) is 36.4 Å². The zero-order valence-electron chi connectivity index (χ0n) is 24.0. The second kappa shape index (κ2) is 13.0. The molecule has 1 aromatic heterocycles. The maximum Gasteiger partial charge on any atom is 0.264 e. The van der Waals surface area contributed by atoms with Crippen molar-refractivity contribution in [2.45, 2.75) is 11.3 Å². The van der Waals surface area contributed by atoms with Gasteiger partial charge in [0.25, 0.3) is 15.9 Å². The highest BCUT2D eigenvalue weighted by atomic mass is 35.5. The first kappa shape index (κ1) is 30.9. The Bertz CT molecular complexity index is 1710. The number of para-hydroxylation sites is 1. The largest absolute Gasteiger partial charge is 0.493 e. The van der Waals surface area contributed by atoms with Gasteiger partial charge in [-0.1, -0.05) is 29.5 Å². The number of anilines is 2. The van der Waals surface area contributed by atoms with Crippen molar-refractivity contribution in [2.24, 2.45) is 0 Å². The lowest BCUT2D eigenvalue weighted by Gasteiger charge is -2.34. The Balaban J connectivity index is 0.00000368. The fourth-order valence-corrected chi connectivity index (χ4v) is 8.01. The number of hydrogen-bond donors (Lipinski definition) is 1. The zero-order chi connectivity index (χ0) is 29.3. The molecule has 10 nitrogen and oxygen atoms in total. The SMILES string of the molecule is COc1ccc2sc(N3CCN(CCNC(=O)c4ccc(S(=O)(=O)N5CCc6ccccc65)cc4)CC3)nc2c1OC.Cl. The monoisotopic (exact) mass is 643 g/mol. The predicted molar refractivity (Wildman–Crippen MR) is 172 cm³/mol. The normalized spacial score (nSPS) is 15.2. The van der Waals surface area contributed by atoms with E-state index in [1.165, 1.54) is 16.4 Å². The van der Waals surface area contributed by atoms with Gasteiger partial charge in [0.05, 0.1) is 29.5 Å². The van der Waals surface area contributed by atoms with E-state index in [4.69, 9.17) is 14.5 Å². The molecule has 43 heavy (non-hydrogen) atoms. The summed E-state index contributed by atoms with van der Waals surface area (Å²) in [4.78, 5) is 22.4. The molecule has 1 fully saturated rings. The zero-order valence-corrected chi connectivity index (χ0v) is 26.4. The van der Waals surface area contributed by atoms with E-state index < -0.39 is 10.0 Å². The third-order valence-corrected chi connectivity index (χ3v) is 10.7. The topological polar surface area (TPSA) is 104 Å². The number of nitrogens with one attached hydrogen (secondary N) is 1. The van der Waals surface area contributed by atoms with E-state index in [9.17, 15) is 13.2 Å². The Morgan fingerprint density at radius 3 is 2.42 bits per heavy atom. The molecule has 0 unspecified atom stereocenters. The van der Waals surface area contributed by atoms with Crippen molar-refractivity contribution in [3.8, 4) is 11.5 Å². The fourth-order valence-electron chi connectivity index (χ4n) is 5.49. The Hall–Kier alpha value is -3.58. The molecule has 1 saturated heterocycles. The number of carbonyl (C=O) groups excluding carboxylic acids is 1. The van der Waals surface area contributed by atoms with Crippen molar-refractivity contribution in [1.29, 1.82) is 0 Å². The van der Waals surface area contributed by atoms with Crippen LogP contribution >= 0.6 is 23.7 Å². The number of amides is 1. The standard InChI is InChI=1S/C30H33N5O5S2.ClH/c1-39-25-11-12-26-27(28(25)40-2)32-30(41-26)34-19-17-33(18-20-34)16-14-31-29(36)22-7-9-23(10-8-22)42(37,38)35-15-13-21-5-3-4-6-24(21)35;/h3-12H,13-20H2,1-2H3,(H,31,36);1H. The first-order valence-corrected chi connectivity index (χ1v) is 16.1. The molecule has 0 atom stereocenters. The first-order chi connectivity index (χ1) is 20.4. The number of thiazole rings is 1. The Labute approximate surface area is 261 Å². The van der Waals surface area contributed by atoms with Gasteiger partial charge in [-0.25, -0.2) is 13.4 Å². The minimum atomic E-state index is -3.69.